The molecule has 20 heavy (non-hydrogen) atoms. The molecule has 104 valence electrons. The lowest BCUT2D eigenvalue weighted by Gasteiger charge is -2.14. The fraction of sp³-hybridized carbons (Fsp3) is 0.286. The number of likely N-dealkylation sites (tertiary alicyclic amines) is 1. The van der Waals surface area contributed by atoms with Crippen molar-refractivity contribution >= 4 is 16.9 Å². The Morgan fingerprint density at radius 3 is 2.55 bits per heavy atom. The van der Waals surface area contributed by atoms with Crippen LogP contribution in [0.3, 0.4) is 0 Å². The Labute approximate surface area is 113 Å². The van der Waals surface area contributed by atoms with Gasteiger partial charge in [0.25, 0.3) is 5.91 Å². The second-order valence-corrected chi connectivity index (χ2v) is 4.82. The number of carbonyl (C=O) groups is 1. The number of β-amino-alcohol motifs (C(OH)–C–C–N with tert-alkyl or cyclic N) is 2. The summed E-state index contributed by atoms with van der Waals surface area (Å²) in [6, 6.07) is 7.80. The van der Waals surface area contributed by atoms with Crippen LogP contribution in [0.2, 0.25) is 0 Å². The number of aliphatic hydroxyl groups is 2. The average Bonchev–Trinajstić information content (AvgIpc) is 2.78. The largest absolute Gasteiger partial charge is 0.451 e. The first-order valence-electron chi connectivity index (χ1n) is 6.24. The van der Waals surface area contributed by atoms with Gasteiger partial charge < -0.3 is 19.5 Å². The molecule has 0 spiro atoms. The van der Waals surface area contributed by atoms with Crippen molar-refractivity contribution in [3.8, 4) is 0 Å². The van der Waals surface area contributed by atoms with Crippen LogP contribution >= 0.6 is 0 Å². The number of hydrogen-bond acceptors (Lipinski definition) is 5. The Hall–Kier alpha value is -2.18. The van der Waals surface area contributed by atoms with E-state index in [2.05, 4.69) is 0 Å². The lowest BCUT2D eigenvalue weighted by atomic mass is 10.2. The molecule has 6 heteroatoms. The summed E-state index contributed by atoms with van der Waals surface area (Å²) < 4.78 is 5.43. The molecule has 2 atom stereocenters. The molecule has 0 bridgehead atoms. The van der Waals surface area contributed by atoms with Gasteiger partial charge in [0.05, 0.1) is 17.6 Å². The highest BCUT2D eigenvalue weighted by Crippen LogP contribution is 2.16. The molecule has 0 saturated carbocycles. The zero-order chi connectivity index (χ0) is 14.3. The maximum Gasteiger partial charge on any atom is 0.289 e. The fourth-order valence-electron chi connectivity index (χ4n) is 2.30. The molecule has 1 amide bonds. The van der Waals surface area contributed by atoms with Crippen LogP contribution < -0.4 is 5.43 Å². The van der Waals surface area contributed by atoms with Crippen LogP contribution in [0.25, 0.3) is 11.0 Å². The summed E-state index contributed by atoms with van der Waals surface area (Å²) in [6.07, 6.45) is -1.93. The van der Waals surface area contributed by atoms with E-state index in [0.717, 1.165) is 6.07 Å². The summed E-state index contributed by atoms with van der Waals surface area (Å²) in [5.41, 5.74) is 0.0409. The molecule has 2 heterocycles. The first-order chi connectivity index (χ1) is 9.56. The van der Waals surface area contributed by atoms with Crippen molar-refractivity contribution in [2.75, 3.05) is 13.1 Å². The molecule has 1 aliphatic heterocycles. The van der Waals surface area contributed by atoms with Gasteiger partial charge in [-0.25, -0.2) is 0 Å². The third kappa shape index (κ3) is 2.09. The van der Waals surface area contributed by atoms with E-state index in [4.69, 9.17) is 4.42 Å². The van der Waals surface area contributed by atoms with Crippen molar-refractivity contribution < 1.29 is 19.4 Å². The van der Waals surface area contributed by atoms with Gasteiger partial charge in [0.2, 0.25) is 0 Å². The molecule has 2 N–H and O–H groups in total. The number of amides is 1. The highest BCUT2D eigenvalue weighted by atomic mass is 16.4. The van der Waals surface area contributed by atoms with Crippen molar-refractivity contribution in [1.82, 2.24) is 4.90 Å². The SMILES string of the molecule is O=C(c1cc(=O)c2ccccc2o1)N1C[C@@H](O)[C@@H](O)C1. The summed E-state index contributed by atoms with van der Waals surface area (Å²) in [5.74, 6) is -0.599. The second kappa shape index (κ2) is 4.73. The van der Waals surface area contributed by atoms with E-state index in [1.54, 1.807) is 24.3 Å². The molecule has 1 aromatic heterocycles. The van der Waals surface area contributed by atoms with Gasteiger partial charge >= 0.3 is 0 Å². The summed E-state index contributed by atoms with van der Waals surface area (Å²) in [5, 5.41) is 19.3. The van der Waals surface area contributed by atoms with Gasteiger partial charge in [0.1, 0.15) is 5.58 Å². The number of nitrogens with zero attached hydrogens (tertiary/aromatic N) is 1. The standard InChI is InChI=1S/C14H13NO5/c16-9-5-13(20-12-4-2-1-3-8(9)12)14(19)15-6-10(17)11(18)7-15/h1-5,10-11,17-18H,6-7H2/t10-,11+. The molecular weight excluding hydrogens is 262 g/mol. The van der Waals surface area contributed by atoms with E-state index in [1.165, 1.54) is 4.90 Å². The summed E-state index contributed by atoms with van der Waals surface area (Å²) in [4.78, 5) is 25.4. The number of benzene rings is 1. The van der Waals surface area contributed by atoms with Gasteiger partial charge in [0, 0.05) is 19.2 Å². The Balaban J connectivity index is 1.98. The molecular formula is C14H13NO5. The Morgan fingerprint density at radius 2 is 1.85 bits per heavy atom. The van der Waals surface area contributed by atoms with Gasteiger partial charge in [-0.1, -0.05) is 12.1 Å². The van der Waals surface area contributed by atoms with E-state index >= 15 is 0 Å². The average molecular weight is 275 g/mol. The number of para-hydroxylation sites is 1. The molecule has 1 aromatic carbocycles. The molecule has 3 rings (SSSR count). The summed E-state index contributed by atoms with van der Waals surface area (Å²) in [6.45, 7) is 0.0487. The van der Waals surface area contributed by atoms with Crippen molar-refractivity contribution in [3.63, 3.8) is 0 Å². The van der Waals surface area contributed by atoms with Gasteiger partial charge in [-0.2, -0.15) is 0 Å². The minimum Gasteiger partial charge on any atom is -0.451 e. The summed E-state index contributed by atoms with van der Waals surface area (Å²) in [7, 11) is 0. The van der Waals surface area contributed by atoms with Crippen molar-refractivity contribution in [2.24, 2.45) is 0 Å². The molecule has 0 unspecified atom stereocenters. The molecule has 1 fully saturated rings. The highest BCUT2D eigenvalue weighted by Gasteiger charge is 2.34. The van der Waals surface area contributed by atoms with E-state index in [9.17, 15) is 19.8 Å². The number of carbonyl (C=O) groups excluding carboxylic acids is 1. The molecule has 1 saturated heterocycles. The van der Waals surface area contributed by atoms with Crippen LogP contribution in [0.1, 0.15) is 10.6 Å². The first kappa shape index (κ1) is 12.8. The monoisotopic (exact) mass is 275 g/mol. The minimum atomic E-state index is -0.967. The zero-order valence-electron chi connectivity index (χ0n) is 10.5. The van der Waals surface area contributed by atoms with E-state index in [1.807, 2.05) is 0 Å². The minimum absolute atomic E-state index is 0.0243. The lowest BCUT2D eigenvalue weighted by Crippen LogP contribution is -2.30. The van der Waals surface area contributed by atoms with Crippen LogP contribution in [-0.4, -0.2) is 46.3 Å². The normalized spacial score (nSPS) is 22.4. The molecule has 6 nitrogen and oxygen atoms in total. The van der Waals surface area contributed by atoms with Crippen LogP contribution in [0.4, 0.5) is 0 Å². The van der Waals surface area contributed by atoms with Crippen molar-refractivity contribution in [1.29, 1.82) is 0 Å². The van der Waals surface area contributed by atoms with Gasteiger partial charge in [-0.3, -0.25) is 9.59 Å². The van der Waals surface area contributed by atoms with Gasteiger partial charge in [-0.15, -0.1) is 0 Å². The maximum absolute atomic E-state index is 12.2. The van der Waals surface area contributed by atoms with Crippen molar-refractivity contribution in [3.05, 3.63) is 46.3 Å². The number of hydrogen-bond donors (Lipinski definition) is 2. The quantitative estimate of drug-likeness (QED) is 0.762. The topological polar surface area (TPSA) is 91.0 Å². The highest BCUT2D eigenvalue weighted by molar-refractivity contribution is 5.93. The van der Waals surface area contributed by atoms with Crippen molar-refractivity contribution in [2.45, 2.75) is 12.2 Å². The predicted octanol–water partition coefficient (Wildman–Crippen LogP) is -0.0294. The maximum atomic E-state index is 12.2. The first-order valence-corrected chi connectivity index (χ1v) is 6.24. The van der Waals surface area contributed by atoms with E-state index in [-0.39, 0.29) is 24.3 Å². The number of fused-ring (bicyclic) bond motifs is 1. The molecule has 0 radical (unpaired) electrons. The Kier molecular flexibility index (Phi) is 3.04. The smallest absolute Gasteiger partial charge is 0.289 e. The number of rotatable bonds is 1. The van der Waals surface area contributed by atoms with Crippen LogP contribution in [0.15, 0.2) is 39.5 Å². The molecule has 0 aliphatic carbocycles. The van der Waals surface area contributed by atoms with Crippen LogP contribution in [-0.2, 0) is 0 Å². The van der Waals surface area contributed by atoms with Gasteiger partial charge in [0.15, 0.2) is 11.2 Å². The fourth-order valence-corrected chi connectivity index (χ4v) is 2.30. The van der Waals surface area contributed by atoms with Crippen LogP contribution in [0.5, 0.6) is 0 Å². The second-order valence-electron chi connectivity index (χ2n) is 4.82. The van der Waals surface area contributed by atoms with Crippen LogP contribution in [0, 0.1) is 0 Å². The molecule has 2 aromatic rings. The molecule has 1 aliphatic rings. The van der Waals surface area contributed by atoms with E-state index in [0.29, 0.717) is 11.0 Å². The third-order valence-electron chi connectivity index (χ3n) is 3.39. The van der Waals surface area contributed by atoms with Gasteiger partial charge in [-0.05, 0) is 12.1 Å². The Morgan fingerprint density at radius 1 is 1.20 bits per heavy atom. The van der Waals surface area contributed by atoms with E-state index < -0.39 is 18.1 Å². The number of aliphatic hydroxyl groups excluding tert-OH is 2. The zero-order valence-corrected chi connectivity index (χ0v) is 10.5. The lowest BCUT2D eigenvalue weighted by molar-refractivity contribution is 0.0572. The Bertz CT molecular complexity index is 713. The third-order valence-corrected chi connectivity index (χ3v) is 3.39. The predicted molar refractivity (Wildman–Crippen MR) is 70.4 cm³/mol. The summed E-state index contributed by atoms with van der Waals surface area (Å²) >= 11 is 0.